The number of hydrogen-bond acceptors (Lipinski definition) is 5. The van der Waals surface area contributed by atoms with Crippen LogP contribution in [-0.4, -0.2) is 40.6 Å². The van der Waals surface area contributed by atoms with E-state index in [0.29, 0.717) is 17.4 Å². The largest absolute Gasteiger partial charge is 0.453 e. The number of amides is 2. The number of rotatable bonds is 5. The monoisotopic (exact) mass is 393 g/mol. The summed E-state index contributed by atoms with van der Waals surface area (Å²) in [6.45, 7) is 3.01. The van der Waals surface area contributed by atoms with Gasteiger partial charge in [0.2, 0.25) is 17.6 Å². The first kappa shape index (κ1) is 18.3. The lowest BCUT2D eigenvalue weighted by Crippen LogP contribution is -2.46. The summed E-state index contributed by atoms with van der Waals surface area (Å²) in [4.78, 5) is 52.4. The Hall–Kier alpha value is -2.76. The van der Waals surface area contributed by atoms with Gasteiger partial charge in [0.1, 0.15) is 6.04 Å². The van der Waals surface area contributed by atoms with E-state index in [0.717, 1.165) is 11.3 Å². The third-order valence-corrected chi connectivity index (χ3v) is 7.15. The van der Waals surface area contributed by atoms with Crippen LogP contribution in [0.2, 0.25) is 0 Å². The average molecular weight is 393 g/mol. The molecule has 1 aromatic carbocycles. The first-order valence-electron chi connectivity index (χ1n) is 10.2. The maximum absolute atomic E-state index is 13.1. The Bertz CT molecular complexity index is 902. The number of esters is 1. The molecule has 2 bridgehead atoms. The van der Waals surface area contributed by atoms with Gasteiger partial charge in [0.25, 0.3) is 0 Å². The van der Waals surface area contributed by atoms with E-state index in [-0.39, 0.29) is 41.3 Å². The molecule has 4 aliphatic carbocycles. The van der Waals surface area contributed by atoms with E-state index in [2.05, 4.69) is 12.2 Å². The van der Waals surface area contributed by atoms with Gasteiger partial charge in [0, 0.05) is 5.56 Å². The molecule has 6 heteroatoms. The molecular formula is C23H23NO5. The van der Waals surface area contributed by atoms with Gasteiger partial charge in [-0.25, -0.2) is 4.79 Å². The smallest absolute Gasteiger partial charge is 0.329 e. The Morgan fingerprint density at radius 3 is 2.07 bits per heavy atom. The van der Waals surface area contributed by atoms with Crippen LogP contribution in [0.4, 0.5) is 0 Å². The number of Topliss-reactive ketones (excluding diaryl/α,β-unsaturated/α-hetero) is 1. The molecule has 3 fully saturated rings. The van der Waals surface area contributed by atoms with Crippen molar-refractivity contribution in [3.8, 4) is 0 Å². The fourth-order valence-electron chi connectivity index (χ4n) is 5.63. The van der Waals surface area contributed by atoms with Crippen LogP contribution >= 0.6 is 0 Å². The molecule has 1 aliphatic heterocycles. The van der Waals surface area contributed by atoms with Crippen molar-refractivity contribution < 1.29 is 23.9 Å². The number of ketones is 1. The van der Waals surface area contributed by atoms with Gasteiger partial charge in [-0.15, -0.1) is 0 Å². The Labute approximate surface area is 168 Å². The predicted molar refractivity (Wildman–Crippen MR) is 102 cm³/mol. The van der Waals surface area contributed by atoms with Crippen molar-refractivity contribution in [1.29, 1.82) is 0 Å². The fourth-order valence-corrected chi connectivity index (χ4v) is 5.63. The van der Waals surface area contributed by atoms with Gasteiger partial charge in [-0.05, 0) is 43.9 Å². The number of nitrogens with zero attached hydrogens (tertiary/aromatic N) is 1. The molecule has 2 saturated carbocycles. The zero-order valence-corrected chi connectivity index (χ0v) is 16.4. The molecule has 1 heterocycles. The quantitative estimate of drug-likeness (QED) is 0.332. The predicted octanol–water partition coefficient (Wildman–Crippen LogP) is 2.24. The molecular weight excluding hydrogens is 370 g/mol. The summed E-state index contributed by atoms with van der Waals surface area (Å²) >= 11 is 0. The molecule has 1 saturated heterocycles. The molecule has 6 rings (SSSR count). The van der Waals surface area contributed by atoms with Crippen molar-refractivity contribution >= 4 is 23.6 Å². The zero-order chi connectivity index (χ0) is 20.4. The van der Waals surface area contributed by atoms with E-state index < -0.39 is 18.1 Å². The topological polar surface area (TPSA) is 80.8 Å². The van der Waals surface area contributed by atoms with Crippen LogP contribution in [0.15, 0.2) is 42.5 Å². The van der Waals surface area contributed by atoms with Crippen molar-refractivity contribution in [3.05, 3.63) is 48.0 Å². The average Bonchev–Trinajstić information content (AvgIpc) is 3.51. The molecule has 0 aromatic heterocycles. The number of likely N-dealkylation sites (tertiary alicyclic amines) is 1. The highest BCUT2D eigenvalue weighted by Crippen LogP contribution is 2.65. The van der Waals surface area contributed by atoms with Gasteiger partial charge in [-0.2, -0.15) is 0 Å². The number of benzene rings is 1. The number of ether oxygens (including phenoxy) is 1. The van der Waals surface area contributed by atoms with Crippen LogP contribution in [0, 0.1) is 35.5 Å². The van der Waals surface area contributed by atoms with E-state index in [4.69, 9.17) is 4.74 Å². The Kier molecular flexibility index (Phi) is 4.02. The van der Waals surface area contributed by atoms with Crippen LogP contribution in [0.25, 0.3) is 0 Å². The molecule has 0 spiro atoms. The third kappa shape index (κ3) is 2.61. The third-order valence-electron chi connectivity index (χ3n) is 7.15. The maximum Gasteiger partial charge on any atom is 0.329 e. The lowest BCUT2D eigenvalue weighted by Gasteiger charge is -2.37. The zero-order valence-electron chi connectivity index (χ0n) is 16.4. The van der Waals surface area contributed by atoms with Crippen LogP contribution in [0.5, 0.6) is 0 Å². The molecule has 1 aromatic rings. The van der Waals surface area contributed by atoms with Crippen LogP contribution in [0.3, 0.4) is 0 Å². The molecule has 0 unspecified atom stereocenters. The number of carbonyl (C=O) groups excluding carboxylic acids is 4. The minimum absolute atomic E-state index is 0.109. The highest BCUT2D eigenvalue weighted by molar-refractivity contribution is 6.09. The summed E-state index contributed by atoms with van der Waals surface area (Å²) < 4.78 is 5.34. The highest BCUT2D eigenvalue weighted by atomic mass is 16.5. The minimum atomic E-state index is -1.04. The number of hydrogen-bond donors (Lipinski definition) is 0. The summed E-state index contributed by atoms with van der Waals surface area (Å²) in [5, 5.41) is 0. The van der Waals surface area contributed by atoms with Gasteiger partial charge in [-0.3, -0.25) is 19.3 Å². The normalized spacial score (nSPS) is 35.7. The fraction of sp³-hybridized carbons (Fsp3) is 0.478. The Morgan fingerprint density at radius 2 is 1.52 bits per heavy atom. The standard InChI is InChI=1S/C23H23NO5/c1-11(23(28)29-12(2)20(25)13-6-4-3-5-7-13)24-21(26)18-14-8-9-15(17-10-16(14)17)19(18)22(24)27/h3-9,11-12,14-19H,10H2,1-2H3/t11-,12+,14-,15-,16-,17+,18+,19+/m1/s1. The second kappa shape index (κ2) is 6.37. The van der Waals surface area contributed by atoms with Gasteiger partial charge in [0.05, 0.1) is 11.8 Å². The number of imide groups is 1. The summed E-state index contributed by atoms with van der Waals surface area (Å²) in [7, 11) is 0. The molecule has 150 valence electrons. The van der Waals surface area contributed by atoms with Gasteiger partial charge >= 0.3 is 5.97 Å². The van der Waals surface area contributed by atoms with Crippen LogP contribution in [0.1, 0.15) is 30.6 Å². The molecule has 6 nitrogen and oxygen atoms in total. The number of carbonyl (C=O) groups is 4. The number of allylic oxidation sites excluding steroid dienone is 2. The van der Waals surface area contributed by atoms with Gasteiger partial charge in [0.15, 0.2) is 6.10 Å². The van der Waals surface area contributed by atoms with Crippen molar-refractivity contribution in [3.63, 3.8) is 0 Å². The molecule has 0 radical (unpaired) electrons. The summed E-state index contributed by atoms with van der Waals surface area (Å²) in [6.07, 6.45) is 4.29. The van der Waals surface area contributed by atoms with E-state index in [9.17, 15) is 19.2 Å². The molecule has 0 N–H and O–H groups in total. The second-order valence-corrected chi connectivity index (χ2v) is 8.69. The van der Waals surface area contributed by atoms with E-state index in [1.54, 1.807) is 30.3 Å². The van der Waals surface area contributed by atoms with Crippen molar-refractivity contribution in [2.24, 2.45) is 35.5 Å². The summed E-state index contributed by atoms with van der Waals surface area (Å²) in [5.41, 5.74) is 0.446. The maximum atomic E-state index is 13.1. The second-order valence-electron chi connectivity index (χ2n) is 8.69. The molecule has 29 heavy (non-hydrogen) atoms. The lowest BCUT2D eigenvalue weighted by atomic mass is 9.63. The highest BCUT2D eigenvalue weighted by Gasteiger charge is 2.67. The summed E-state index contributed by atoms with van der Waals surface area (Å²) in [5.74, 6) is -1.04. The van der Waals surface area contributed by atoms with E-state index in [1.807, 2.05) is 0 Å². The Balaban J connectivity index is 1.30. The lowest BCUT2D eigenvalue weighted by molar-refractivity contribution is -0.160. The SMILES string of the molecule is C[C@H](OC(=O)[C@@H](C)N1C(=O)[C@H]2[C@@H]3C=C[C@H]([C@@H]4C[C@H]34)[C@@H]2C1=O)C(=O)c1ccccc1. The van der Waals surface area contributed by atoms with Gasteiger partial charge in [-0.1, -0.05) is 42.5 Å². The van der Waals surface area contributed by atoms with E-state index >= 15 is 0 Å². The van der Waals surface area contributed by atoms with Crippen molar-refractivity contribution in [1.82, 2.24) is 4.90 Å². The minimum Gasteiger partial charge on any atom is -0.453 e. The van der Waals surface area contributed by atoms with Gasteiger partial charge < -0.3 is 4.74 Å². The van der Waals surface area contributed by atoms with Crippen molar-refractivity contribution in [2.75, 3.05) is 0 Å². The Morgan fingerprint density at radius 1 is 0.966 bits per heavy atom. The van der Waals surface area contributed by atoms with Crippen LogP contribution < -0.4 is 0 Å². The molecule has 8 atom stereocenters. The molecule has 2 amide bonds. The van der Waals surface area contributed by atoms with E-state index in [1.165, 1.54) is 13.8 Å². The first-order chi connectivity index (χ1) is 13.9. The first-order valence-corrected chi connectivity index (χ1v) is 10.2. The molecule has 5 aliphatic rings. The van der Waals surface area contributed by atoms with Crippen molar-refractivity contribution in [2.45, 2.75) is 32.4 Å². The summed E-state index contributed by atoms with van der Waals surface area (Å²) in [6, 6.07) is 7.54. The van der Waals surface area contributed by atoms with Crippen LogP contribution in [-0.2, 0) is 19.1 Å².